The monoisotopic (exact) mass is 232 g/mol. The van der Waals surface area contributed by atoms with Crippen LogP contribution in [0.4, 0.5) is 0 Å². The zero-order chi connectivity index (χ0) is 11.0. The average molecular weight is 232 g/mol. The number of thiophene rings is 1. The summed E-state index contributed by atoms with van der Waals surface area (Å²) < 4.78 is 0. The Hall–Kier alpha value is -1.42. The number of carbonyl (C=O) groups excluding carboxylic acids is 1. The molecule has 0 radical (unpaired) electrons. The first-order chi connectivity index (χ1) is 7.84. The molecular formula is C12H12N2OS. The van der Waals surface area contributed by atoms with Gasteiger partial charge in [0.05, 0.1) is 4.88 Å². The number of rotatable bonds is 2. The summed E-state index contributed by atoms with van der Waals surface area (Å²) >= 11 is 1.43. The molecule has 0 aromatic carbocycles. The van der Waals surface area contributed by atoms with Gasteiger partial charge >= 0.3 is 0 Å². The maximum Gasteiger partial charge on any atom is 0.281 e. The van der Waals surface area contributed by atoms with Crippen molar-refractivity contribution in [1.82, 2.24) is 5.43 Å². The molecule has 4 heteroatoms. The summed E-state index contributed by atoms with van der Waals surface area (Å²) in [7, 11) is 0. The molecule has 1 aromatic rings. The van der Waals surface area contributed by atoms with Gasteiger partial charge < -0.3 is 0 Å². The molecule has 1 N–H and O–H groups in total. The minimum absolute atomic E-state index is 0.100. The molecule has 0 spiro atoms. The maximum atomic E-state index is 11.6. The molecule has 2 aliphatic rings. The molecule has 3 rings (SSSR count). The van der Waals surface area contributed by atoms with Crippen LogP contribution in [0.1, 0.15) is 22.5 Å². The molecular weight excluding hydrogens is 220 g/mol. The van der Waals surface area contributed by atoms with Crippen LogP contribution in [-0.4, -0.2) is 11.6 Å². The third kappa shape index (κ3) is 1.59. The van der Waals surface area contributed by atoms with Gasteiger partial charge in [-0.2, -0.15) is 5.10 Å². The molecule has 1 aromatic heterocycles. The molecule has 3 nitrogen and oxygen atoms in total. The lowest BCUT2D eigenvalue weighted by atomic mass is 9.74. The van der Waals surface area contributed by atoms with Gasteiger partial charge in [0.1, 0.15) is 0 Å². The minimum Gasteiger partial charge on any atom is -0.266 e. The van der Waals surface area contributed by atoms with E-state index in [4.69, 9.17) is 0 Å². The molecule has 1 saturated carbocycles. The Kier molecular flexibility index (Phi) is 2.36. The van der Waals surface area contributed by atoms with Gasteiger partial charge in [-0.05, 0) is 30.2 Å². The standard InChI is InChI=1S/C12H12N2OS/c15-12(11-5-2-6-16-11)14-13-10-7-8-3-1-4-9(8)10/h1-3,5-6,8-9H,4,7H2,(H,14,15)/t8-,9+/m1/s1. The van der Waals surface area contributed by atoms with E-state index in [-0.39, 0.29) is 5.91 Å². The SMILES string of the molecule is O=C(NN=C1C[C@H]2C=CC[C@H]12)c1cccs1. The Balaban J connectivity index is 1.61. The topological polar surface area (TPSA) is 41.5 Å². The Morgan fingerprint density at radius 2 is 2.50 bits per heavy atom. The van der Waals surface area contributed by atoms with Crippen molar-refractivity contribution in [3.63, 3.8) is 0 Å². The maximum absolute atomic E-state index is 11.6. The predicted octanol–water partition coefficient (Wildman–Crippen LogP) is 2.43. The lowest BCUT2D eigenvalue weighted by Crippen LogP contribution is -2.35. The molecule has 2 aliphatic carbocycles. The van der Waals surface area contributed by atoms with E-state index in [1.165, 1.54) is 11.3 Å². The summed E-state index contributed by atoms with van der Waals surface area (Å²) in [6.07, 6.45) is 6.55. The van der Waals surface area contributed by atoms with Gasteiger partial charge in [-0.1, -0.05) is 18.2 Å². The average Bonchev–Trinajstić information content (AvgIpc) is 2.88. The van der Waals surface area contributed by atoms with Crippen LogP contribution in [0.25, 0.3) is 0 Å². The van der Waals surface area contributed by atoms with E-state index in [9.17, 15) is 4.79 Å². The molecule has 2 atom stereocenters. The predicted molar refractivity (Wildman–Crippen MR) is 64.6 cm³/mol. The first-order valence-electron chi connectivity index (χ1n) is 5.41. The Bertz CT molecular complexity index is 461. The summed E-state index contributed by atoms with van der Waals surface area (Å²) in [5, 5.41) is 6.10. The number of amides is 1. The van der Waals surface area contributed by atoms with Crippen LogP contribution in [0.5, 0.6) is 0 Å². The van der Waals surface area contributed by atoms with Gasteiger partial charge in [0.15, 0.2) is 0 Å². The number of nitrogens with one attached hydrogen (secondary N) is 1. The quantitative estimate of drug-likeness (QED) is 0.617. The van der Waals surface area contributed by atoms with Crippen LogP contribution in [-0.2, 0) is 0 Å². The molecule has 1 fully saturated rings. The Morgan fingerprint density at radius 1 is 1.56 bits per heavy atom. The Morgan fingerprint density at radius 3 is 3.25 bits per heavy atom. The normalized spacial score (nSPS) is 28.9. The van der Waals surface area contributed by atoms with E-state index in [0.29, 0.717) is 16.7 Å². The molecule has 0 aliphatic heterocycles. The molecule has 0 unspecified atom stereocenters. The number of hydrogen-bond acceptors (Lipinski definition) is 3. The summed E-state index contributed by atoms with van der Waals surface area (Å²) in [5.41, 5.74) is 3.77. The van der Waals surface area contributed by atoms with Gasteiger partial charge in [0.25, 0.3) is 5.91 Å². The fourth-order valence-corrected chi connectivity index (χ4v) is 2.86. The van der Waals surface area contributed by atoms with Crippen LogP contribution in [0.3, 0.4) is 0 Å². The number of allylic oxidation sites excluding steroid dienone is 2. The van der Waals surface area contributed by atoms with Crippen molar-refractivity contribution >= 4 is 23.0 Å². The highest BCUT2D eigenvalue weighted by Crippen LogP contribution is 2.40. The second-order valence-corrected chi connectivity index (χ2v) is 5.11. The van der Waals surface area contributed by atoms with Crippen LogP contribution >= 0.6 is 11.3 Å². The van der Waals surface area contributed by atoms with E-state index in [1.807, 2.05) is 11.4 Å². The fraction of sp³-hybridized carbons (Fsp3) is 0.333. The van der Waals surface area contributed by atoms with Crippen molar-refractivity contribution in [3.05, 3.63) is 34.5 Å². The second kappa shape index (κ2) is 3.87. The highest BCUT2D eigenvalue weighted by atomic mass is 32.1. The van der Waals surface area contributed by atoms with Crippen LogP contribution < -0.4 is 5.43 Å². The van der Waals surface area contributed by atoms with Gasteiger partial charge in [0, 0.05) is 11.6 Å². The highest BCUT2D eigenvalue weighted by molar-refractivity contribution is 7.12. The van der Waals surface area contributed by atoms with E-state index in [1.54, 1.807) is 6.07 Å². The molecule has 82 valence electrons. The summed E-state index contributed by atoms with van der Waals surface area (Å²) in [4.78, 5) is 12.3. The fourth-order valence-electron chi connectivity index (χ4n) is 2.25. The molecule has 16 heavy (non-hydrogen) atoms. The van der Waals surface area contributed by atoms with Crippen molar-refractivity contribution < 1.29 is 4.79 Å². The molecule has 1 amide bonds. The first kappa shape index (κ1) is 9.78. The summed E-state index contributed by atoms with van der Waals surface area (Å²) in [6, 6.07) is 3.67. The van der Waals surface area contributed by atoms with Crippen molar-refractivity contribution in [3.8, 4) is 0 Å². The molecule has 0 saturated heterocycles. The van der Waals surface area contributed by atoms with Gasteiger partial charge in [-0.25, -0.2) is 5.43 Å². The summed E-state index contributed by atoms with van der Waals surface area (Å²) in [6.45, 7) is 0. The smallest absolute Gasteiger partial charge is 0.266 e. The first-order valence-corrected chi connectivity index (χ1v) is 6.29. The number of hydrogen-bond donors (Lipinski definition) is 1. The Labute approximate surface area is 97.9 Å². The zero-order valence-corrected chi connectivity index (χ0v) is 9.54. The van der Waals surface area contributed by atoms with Crippen molar-refractivity contribution in [2.75, 3.05) is 0 Å². The van der Waals surface area contributed by atoms with Crippen LogP contribution in [0, 0.1) is 11.8 Å². The molecule has 1 heterocycles. The van der Waals surface area contributed by atoms with E-state index >= 15 is 0 Å². The van der Waals surface area contributed by atoms with Crippen molar-refractivity contribution in [1.29, 1.82) is 0 Å². The van der Waals surface area contributed by atoms with Crippen molar-refractivity contribution in [2.45, 2.75) is 12.8 Å². The summed E-state index contributed by atoms with van der Waals surface area (Å²) in [5.74, 6) is 1.14. The second-order valence-electron chi connectivity index (χ2n) is 4.16. The van der Waals surface area contributed by atoms with Crippen molar-refractivity contribution in [2.24, 2.45) is 16.9 Å². The third-order valence-corrected chi connectivity index (χ3v) is 4.08. The zero-order valence-electron chi connectivity index (χ0n) is 8.72. The van der Waals surface area contributed by atoms with Gasteiger partial charge in [0.2, 0.25) is 0 Å². The molecule has 0 bridgehead atoms. The highest BCUT2D eigenvalue weighted by Gasteiger charge is 2.37. The number of fused-ring (bicyclic) bond motifs is 1. The lowest BCUT2D eigenvalue weighted by molar-refractivity contribution is 0.0958. The van der Waals surface area contributed by atoms with E-state index in [2.05, 4.69) is 22.7 Å². The van der Waals surface area contributed by atoms with Gasteiger partial charge in [-0.15, -0.1) is 11.3 Å². The van der Waals surface area contributed by atoms with E-state index < -0.39 is 0 Å². The lowest BCUT2D eigenvalue weighted by Gasteiger charge is -2.31. The minimum atomic E-state index is -0.100. The number of nitrogens with zero attached hydrogens (tertiary/aromatic N) is 1. The number of carbonyl (C=O) groups is 1. The van der Waals surface area contributed by atoms with Crippen LogP contribution in [0.2, 0.25) is 0 Å². The van der Waals surface area contributed by atoms with Gasteiger partial charge in [-0.3, -0.25) is 4.79 Å². The van der Waals surface area contributed by atoms with Crippen LogP contribution in [0.15, 0.2) is 34.8 Å². The number of hydrazone groups is 1. The van der Waals surface area contributed by atoms with E-state index in [0.717, 1.165) is 18.6 Å². The third-order valence-electron chi connectivity index (χ3n) is 3.21. The largest absolute Gasteiger partial charge is 0.281 e.